The summed E-state index contributed by atoms with van der Waals surface area (Å²) >= 11 is 0. The molecule has 1 atom stereocenters. The molecule has 8 heteroatoms. The zero-order valence-electron chi connectivity index (χ0n) is 23.0. The summed E-state index contributed by atoms with van der Waals surface area (Å²) < 4.78 is 7.69. The van der Waals surface area contributed by atoms with E-state index in [1.54, 1.807) is 4.57 Å². The number of aromatic nitrogens is 2. The molecule has 0 radical (unpaired) electrons. The maximum Gasteiger partial charge on any atom is 0.404 e. The lowest BCUT2D eigenvalue weighted by molar-refractivity contribution is -0.552. The fourth-order valence-electron chi connectivity index (χ4n) is 5.04. The van der Waals surface area contributed by atoms with E-state index in [9.17, 15) is 9.59 Å². The molecule has 8 nitrogen and oxygen atoms in total. The van der Waals surface area contributed by atoms with Gasteiger partial charge in [0.25, 0.3) is 0 Å². The van der Waals surface area contributed by atoms with Crippen molar-refractivity contribution in [2.24, 2.45) is 0 Å². The van der Waals surface area contributed by atoms with E-state index in [4.69, 9.17) is 14.8 Å². The van der Waals surface area contributed by atoms with Crippen molar-refractivity contribution in [2.75, 3.05) is 18.5 Å². The standard InChI is InChI=1S/C33H34N4O4/c38-32-29(22-25-14-11-17-27(20-25)41-19-10-2-1-9-18-34-33(39)40)36-31-28(21-24-12-5-3-6-13-24)35-30(23-37(31)32)26-15-7-4-8-16-26/h3-8,11-17,20,23,29,34H,1-2,9-10,18-19,21-22H2,(H,39,40)/p+1. The van der Waals surface area contributed by atoms with Crippen LogP contribution in [0, 0.1) is 0 Å². The van der Waals surface area contributed by atoms with Crippen molar-refractivity contribution < 1.29 is 24.0 Å². The summed E-state index contributed by atoms with van der Waals surface area (Å²) in [7, 11) is 0. The first-order valence-electron chi connectivity index (χ1n) is 14.1. The Morgan fingerprint density at radius 3 is 2.44 bits per heavy atom. The molecular weight excluding hydrogens is 516 g/mol. The summed E-state index contributed by atoms with van der Waals surface area (Å²) in [4.78, 5) is 29.1. The monoisotopic (exact) mass is 551 g/mol. The molecule has 2 heterocycles. The number of carbonyl (C=O) groups is 2. The third-order valence-electron chi connectivity index (χ3n) is 7.11. The van der Waals surface area contributed by atoms with Crippen molar-refractivity contribution in [2.45, 2.75) is 44.6 Å². The molecule has 0 aliphatic carbocycles. The number of anilines is 1. The molecule has 1 amide bonds. The molecule has 1 aliphatic heterocycles. The Morgan fingerprint density at radius 1 is 0.927 bits per heavy atom. The molecule has 1 aliphatic rings. The number of fused-ring (bicyclic) bond motifs is 1. The van der Waals surface area contributed by atoms with Gasteiger partial charge in [0, 0.05) is 24.9 Å². The molecule has 3 aromatic carbocycles. The second kappa shape index (κ2) is 13.6. The topological polar surface area (TPSA) is 104 Å². The number of nitrogens with zero attached hydrogens (tertiary/aromatic N) is 2. The van der Waals surface area contributed by atoms with Crippen LogP contribution in [0.1, 0.15) is 47.3 Å². The van der Waals surface area contributed by atoms with Crippen LogP contribution in [0.4, 0.5) is 10.6 Å². The fraction of sp³-hybridized carbons (Fsp3) is 0.273. The Kier molecular flexibility index (Phi) is 9.21. The predicted octanol–water partition coefficient (Wildman–Crippen LogP) is 5.51. The highest BCUT2D eigenvalue weighted by atomic mass is 16.5. The van der Waals surface area contributed by atoms with Gasteiger partial charge in [0.05, 0.1) is 6.61 Å². The van der Waals surface area contributed by atoms with Gasteiger partial charge in [-0.15, -0.1) is 0 Å². The zero-order valence-corrected chi connectivity index (χ0v) is 23.0. The fourth-order valence-corrected chi connectivity index (χ4v) is 5.04. The third kappa shape index (κ3) is 7.48. The normalized spacial score (nSPS) is 13.9. The number of rotatable bonds is 13. The first-order valence-corrected chi connectivity index (χ1v) is 14.1. The van der Waals surface area contributed by atoms with Gasteiger partial charge in [-0.25, -0.2) is 14.6 Å². The van der Waals surface area contributed by atoms with Crippen molar-refractivity contribution in [3.63, 3.8) is 0 Å². The van der Waals surface area contributed by atoms with Crippen LogP contribution in [-0.2, 0) is 12.8 Å². The lowest BCUT2D eigenvalue weighted by Crippen LogP contribution is -2.44. The van der Waals surface area contributed by atoms with Crippen molar-refractivity contribution in [3.05, 3.63) is 108 Å². The maximum absolute atomic E-state index is 13.6. The molecule has 1 unspecified atom stereocenters. The van der Waals surface area contributed by atoms with Crippen LogP contribution >= 0.6 is 0 Å². The summed E-state index contributed by atoms with van der Waals surface area (Å²) in [5.41, 5.74) is 4.72. The summed E-state index contributed by atoms with van der Waals surface area (Å²) in [6, 6.07) is 27.6. The molecule has 4 aromatic rings. The second-order valence-corrected chi connectivity index (χ2v) is 10.2. The van der Waals surface area contributed by atoms with E-state index in [1.807, 2.05) is 79.0 Å². The van der Waals surface area contributed by atoms with Gasteiger partial charge in [-0.05, 0) is 36.1 Å². The molecule has 0 fully saturated rings. The number of carbonyl (C=O) groups excluding carboxylic acids is 1. The van der Waals surface area contributed by atoms with Crippen LogP contribution in [0.5, 0.6) is 5.75 Å². The molecule has 3 N–H and O–H groups in total. The summed E-state index contributed by atoms with van der Waals surface area (Å²) in [6.45, 7) is 1.07. The lowest BCUT2D eigenvalue weighted by atomic mass is 10.1. The van der Waals surface area contributed by atoms with Crippen molar-refractivity contribution in [1.82, 2.24) is 10.3 Å². The minimum absolute atomic E-state index is 0.00222. The average Bonchev–Trinajstić information content (AvgIpc) is 3.30. The van der Waals surface area contributed by atoms with Crippen LogP contribution in [0.2, 0.25) is 0 Å². The summed E-state index contributed by atoms with van der Waals surface area (Å²) in [5.74, 6) is 1.52. The van der Waals surface area contributed by atoms with Crippen LogP contribution in [-0.4, -0.2) is 41.3 Å². The molecule has 1 aromatic heterocycles. The number of amides is 1. The minimum Gasteiger partial charge on any atom is -0.494 e. The molecule has 5 rings (SSSR count). The third-order valence-corrected chi connectivity index (χ3v) is 7.11. The van der Waals surface area contributed by atoms with Crippen LogP contribution in [0.3, 0.4) is 0 Å². The molecule has 0 spiro atoms. The van der Waals surface area contributed by atoms with Gasteiger partial charge in [0.1, 0.15) is 23.3 Å². The van der Waals surface area contributed by atoms with Gasteiger partial charge >= 0.3 is 17.8 Å². The maximum atomic E-state index is 13.6. The molecule has 210 valence electrons. The highest BCUT2D eigenvalue weighted by molar-refractivity contribution is 5.82. The predicted molar refractivity (Wildman–Crippen MR) is 157 cm³/mol. The van der Waals surface area contributed by atoms with Gasteiger partial charge in [0.2, 0.25) is 0 Å². The number of unbranched alkanes of at least 4 members (excludes halogenated alkanes) is 3. The van der Waals surface area contributed by atoms with Gasteiger partial charge in [-0.1, -0.05) is 85.6 Å². The van der Waals surface area contributed by atoms with E-state index in [0.29, 0.717) is 26.0 Å². The zero-order chi connectivity index (χ0) is 28.4. The first kappa shape index (κ1) is 27.8. The second-order valence-electron chi connectivity index (χ2n) is 10.2. The van der Waals surface area contributed by atoms with E-state index >= 15 is 0 Å². The average molecular weight is 552 g/mol. The number of hydrogen-bond donors (Lipinski definition) is 3. The number of carboxylic acid groups (broad SMARTS) is 1. The van der Waals surface area contributed by atoms with Gasteiger partial charge in [-0.2, -0.15) is 4.57 Å². The number of nitrogens with one attached hydrogen (secondary N) is 2. The molecular formula is C33H35N4O4+. The van der Waals surface area contributed by atoms with Gasteiger partial charge < -0.3 is 15.2 Å². The summed E-state index contributed by atoms with van der Waals surface area (Å²) in [6.07, 6.45) is 5.64. The van der Waals surface area contributed by atoms with Gasteiger partial charge in [-0.3, -0.25) is 5.32 Å². The van der Waals surface area contributed by atoms with E-state index in [2.05, 4.69) is 22.8 Å². The molecule has 0 bridgehead atoms. The van der Waals surface area contributed by atoms with E-state index in [1.165, 1.54) is 0 Å². The Bertz CT molecular complexity index is 1480. The Balaban J connectivity index is 1.25. The molecule has 41 heavy (non-hydrogen) atoms. The SMILES string of the molecule is O=C(O)NCCCCCCOc1cccc(CC2Nc3c(Cc4ccccc4)nc(-c4ccccc4)c[n+]3C2=O)c1. The van der Waals surface area contributed by atoms with Crippen molar-refractivity contribution in [1.29, 1.82) is 0 Å². The van der Waals surface area contributed by atoms with Crippen molar-refractivity contribution >= 4 is 17.8 Å². The largest absolute Gasteiger partial charge is 0.494 e. The van der Waals surface area contributed by atoms with E-state index in [-0.39, 0.29) is 5.91 Å². The minimum atomic E-state index is -0.980. The number of benzene rings is 3. The van der Waals surface area contributed by atoms with Gasteiger partial charge in [0.15, 0.2) is 6.04 Å². The Hall–Kier alpha value is -4.72. The van der Waals surface area contributed by atoms with Crippen LogP contribution < -0.4 is 19.9 Å². The quantitative estimate of drug-likeness (QED) is 0.150. The van der Waals surface area contributed by atoms with E-state index in [0.717, 1.165) is 65.3 Å². The highest BCUT2D eigenvalue weighted by Crippen LogP contribution is 2.25. The molecule has 0 saturated carbocycles. The smallest absolute Gasteiger partial charge is 0.404 e. The Labute approximate surface area is 240 Å². The van der Waals surface area contributed by atoms with Crippen LogP contribution in [0.15, 0.2) is 91.1 Å². The highest BCUT2D eigenvalue weighted by Gasteiger charge is 2.41. The Morgan fingerprint density at radius 2 is 1.66 bits per heavy atom. The van der Waals surface area contributed by atoms with E-state index < -0.39 is 12.1 Å². The number of hydrogen-bond acceptors (Lipinski definition) is 5. The molecule has 0 saturated heterocycles. The lowest BCUT2D eigenvalue weighted by Gasteiger charge is -2.09. The van der Waals surface area contributed by atoms with Crippen LogP contribution in [0.25, 0.3) is 11.3 Å². The number of ether oxygens (including phenoxy) is 1. The first-order chi connectivity index (χ1) is 20.1. The van der Waals surface area contributed by atoms with Crippen molar-refractivity contribution in [3.8, 4) is 17.0 Å². The summed E-state index contributed by atoms with van der Waals surface area (Å²) in [5, 5.41) is 14.5.